The fourth-order valence-corrected chi connectivity index (χ4v) is 2.38. The number of likely N-dealkylation sites (tertiary alicyclic amines) is 1. The molecule has 1 saturated heterocycles. The van der Waals surface area contributed by atoms with E-state index < -0.39 is 0 Å². The number of methoxy groups -OCH3 is 1. The molecule has 1 aliphatic rings. The molecule has 0 radical (unpaired) electrons. The molecule has 2 N–H and O–H groups in total. The Morgan fingerprint density at radius 2 is 2.29 bits per heavy atom. The minimum absolute atomic E-state index is 0.0828. The first-order valence-electron chi connectivity index (χ1n) is 5.62. The van der Waals surface area contributed by atoms with E-state index in [0.29, 0.717) is 6.54 Å². The summed E-state index contributed by atoms with van der Waals surface area (Å²) in [5, 5.41) is 0. The summed E-state index contributed by atoms with van der Waals surface area (Å²) in [4.78, 5) is 2.52. The van der Waals surface area contributed by atoms with E-state index >= 15 is 0 Å². The molecule has 3 nitrogen and oxygen atoms in total. The summed E-state index contributed by atoms with van der Waals surface area (Å²) < 4.78 is 5.32. The topological polar surface area (TPSA) is 38.5 Å². The highest BCUT2D eigenvalue weighted by atomic mass is 16.5. The molecule has 0 aromatic heterocycles. The van der Waals surface area contributed by atoms with Gasteiger partial charge in [-0.25, -0.2) is 0 Å². The second-order valence-electron chi connectivity index (χ2n) is 4.55. The molecule has 0 amide bonds. The van der Waals surface area contributed by atoms with E-state index in [0.717, 1.165) is 18.9 Å². The monoisotopic (exact) mass is 200 g/mol. The van der Waals surface area contributed by atoms with Crippen LogP contribution in [0.25, 0.3) is 0 Å². The van der Waals surface area contributed by atoms with E-state index in [2.05, 4.69) is 18.7 Å². The second kappa shape index (κ2) is 5.10. The van der Waals surface area contributed by atoms with Gasteiger partial charge in [-0.2, -0.15) is 0 Å². The average molecular weight is 200 g/mol. The number of hydrogen-bond acceptors (Lipinski definition) is 3. The van der Waals surface area contributed by atoms with E-state index in [1.807, 2.05) is 0 Å². The van der Waals surface area contributed by atoms with Crippen LogP contribution in [-0.2, 0) is 4.74 Å². The molecule has 1 aliphatic heterocycles. The van der Waals surface area contributed by atoms with Gasteiger partial charge in [0.15, 0.2) is 0 Å². The normalized spacial score (nSPS) is 27.9. The molecule has 3 heteroatoms. The molecule has 1 rings (SSSR count). The molecule has 0 aliphatic carbocycles. The van der Waals surface area contributed by atoms with E-state index in [9.17, 15) is 0 Å². The fourth-order valence-electron chi connectivity index (χ4n) is 2.38. The van der Waals surface area contributed by atoms with Gasteiger partial charge in [0, 0.05) is 20.2 Å². The van der Waals surface area contributed by atoms with E-state index in [4.69, 9.17) is 10.5 Å². The first-order valence-corrected chi connectivity index (χ1v) is 5.62. The summed E-state index contributed by atoms with van der Waals surface area (Å²) in [5.41, 5.74) is 5.99. The van der Waals surface area contributed by atoms with Crippen LogP contribution in [0.1, 0.15) is 26.7 Å². The van der Waals surface area contributed by atoms with Crippen LogP contribution in [0.15, 0.2) is 0 Å². The molecule has 14 heavy (non-hydrogen) atoms. The van der Waals surface area contributed by atoms with Crippen LogP contribution in [0.3, 0.4) is 0 Å². The van der Waals surface area contributed by atoms with E-state index in [-0.39, 0.29) is 5.54 Å². The van der Waals surface area contributed by atoms with Gasteiger partial charge in [0.05, 0.1) is 12.1 Å². The molecule has 0 spiro atoms. The minimum Gasteiger partial charge on any atom is -0.383 e. The highest BCUT2D eigenvalue weighted by molar-refractivity contribution is 4.94. The Morgan fingerprint density at radius 1 is 1.57 bits per heavy atom. The van der Waals surface area contributed by atoms with Crippen molar-refractivity contribution in [1.82, 2.24) is 4.90 Å². The Bertz CT molecular complexity index is 169. The molecule has 0 aromatic rings. The predicted octanol–water partition coefficient (Wildman–Crippen LogP) is 1.08. The van der Waals surface area contributed by atoms with E-state index in [1.165, 1.54) is 19.5 Å². The number of hydrogen-bond donors (Lipinski definition) is 1. The van der Waals surface area contributed by atoms with Crippen molar-refractivity contribution >= 4 is 0 Å². The van der Waals surface area contributed by atoms with Gasteiger partial charge in [-0.05, 0) is 25.3 Å². The third-order valence-electron chi connectivity index (χ3n) is 3.55. The summed E-state index contributed by atoms with van der Waals surface area (Å²) in [7, 11) is 1.76. The van der Waals surface area contributed by atoms with Crippen molar-refractivity contribution in [3.8, 4) is 0 Å². The quantitative estimate of drug-likeness (QED) is 0.722. The lowest BCUT2D eigenvalue weighted by atomic mass is 9.95. The van der Waals surface area contributed by atoms with Crippen LogP contribution in [-0.4, -0.2) is 43.8 Å². The van der Waals surface area contributed by atoms with Crippen LogP contribution >= 0.6 is 0 Å². The lowest BCUT2D eigenvalue weighted by Gasteiger charge is -2.40. The van der Waals surface area contributed by atoms with Crippen molar-refractivity contribution in [1.29, 1.82) is 0 Å². The van der Waals surface area contributed by atoms with Crippen molar-refractivity contribution in [3.63, 3.8) is 0 Å². The van der Waals surface area contributed by atoms with Crippen LogP contribution in [0.5, 0.6) is 0 Å². The molecular weight excluding hydrogens is 176 g/mol. The number of ether oxygens (including phenoxy) is 1. The standard InChI is InChI=1S/C11H24N2O/c1-4-11(8-12,9-14-3)13-6-5-10(2)7-13/h10H,4-9,12H2,1-3H3. The molecule has 0 aromatic carbocycles. The first kappa shape index (κ1) is 12.0. The smallest absolute Gasteiger partial charge is 0.0658 e. The predicted molar refractivity (Wildman–Crippen MR) is 59.3 cm³/mol. The maximum Gasteiger partial charge on any atom is 0.0658 e. The summed E-state index contributed by atoms with van der Waals surface area (Å²) in [6, 6.07) is 0. The molecule has 1 heterocycles. The van der Waals surface area contributed by atoms with Crippen LogP contribution in [0, 0.1) is 5.92 Å². The number of nitrogens with two attached hydrogens (primary N) is 1. The van der Waals surface area contributed by atoms with Gasteiger partial charge in [-0.3, -0.25) is 4.90 Å². The first-order chi connectivity index (χ1) is 6.68. The van der Waals surface area contributed by atoms with Gasteiger partial charge < -0.3 is 10.5 Å². The molecule has 84 valence electrons. The molecule has 1 fully saturated rings. The molecule has 0 bridgehead atoms. The zero-order chi connectivity index (χ0) is 10.6. The van der Waals surface area contributed by atoms with Gasteiger partial charge in [0.1, 0.15) is 0 Å². The van der Waals surface area contributed by atoms with Gasteiger partial charge >= 0.3 is 0 Å². The largest absolute Gasteiger partial charge is 0.383 e. The average Bonchev–Trinajstić information content (AvgIpc) is 2.62. The van der Waals surface area contributed by atoms with Crippen LogP contribution < -0.4 is 5.73 Å². The Morgan fingerprint density at radius 3 is 2.64 bits per heavy atom. The maximum atomic E-state index is 5.91. The zero-order valence-electron chi connectivity index (χ0n) is 9.75. The third-order valence-corrected chi connectivity index (χ3v) is 3.55. The lowest BCUT2D eigenvalue weighted by Crippen LogP contribution is -2.55. The van der Waals surface area contributed by atoms with Crippen molar-refractivity contribution in [2.75, 3.05) is 33.4 Å². The van der Waals surface area contributed by atoms with Gasteiger partial charge in [-0.15, -0.1) is 0 Å². The fraction of sp³-hybridized carbons (Fsp3) is 1.00. The highest BCUT2D eigenvalue weighted by Crippen LogP contribution is 2.27. The zero-order valence-corrected chi connectivity index (χ0v) is 9.75. The maximum absolute atomic E-state index is 5.91. The van der Waals surface area contributed by atoms with Crippen molar-refractivity contribution in [2.24, 2.45) is 11.7 Å². The van der Waals surface area contributed by atoms with Gasteiger partial charge in [-0.1, -0.05) is 13.8 Å². The summed E-state index contributed by atoms with van der Waals surface area (Å²) in [6.07, 6.45) is 2.37. The summed E-state index contributed by atoms with van der Waals surface area (Å²) in [6.45, 7) is 8.32. The van der Waals surface area contributed by atoms with Crippen molar-refractivity contribution in [2.45, 2.75) is 32.2 Å². The Kier molecular flexibility index (Phi) is 4.35. The van der Waals surface area contributed by atoms with Crippen LogP contribution in [0.2, 0.25) is 0 Å². The molecular formula is C11H24N2O. The highest BCUT2D eigenvalue weighted by Gasteiger charge is 2.37. The summed E-state index contributed by atoms with van der Waals surface area (Å²) >= 11 is 0. The Balaban J connectivity index is 2.65. The van der Waals surface area contributed by atoms with Crippen molar-refractivity contribution < 1.29 is 4.74 Å². The Labute approximate surface area is 87.6 Å². The second-order valence-corrected chi connectivity index (χ2v) is 4.55. The van der Waals surface area contributed by atoms with Crippen molar-refractivity contribution in [3.05, 3.63) is 0 Å². The van der Waals surface area contributed by atoms with Gasteiger partial charge in [0.2, 0.25) is 0 Å². The number of nitrogens with zero attached hydrogens (tertiary/aromatic N) is 1. The number of rotatable bonds is 5. The molecule has 2 atom stereocenters. The SMILES string of the molecule is CCC(CN)(COC)N1CCC(C)C1. The van der Waals surface area contributed by atoms with Gasteiger partial charge in [0.25, 0.3) is 0 Å². The Hall–Kier alpha value is -0.120. The third kappa shape index (κ3) is 2.27. The lowest BCUT2D eigenvalue weighted by molar-refractivity contribution is 0.0247. The molecule has 2 unspecified atom stereocenters. The van der Waals surface area contributed by atoms with E-state index in [1.54, 1.807) is 7.11 Å². The molecule has 0 saturated carbocycles. The van der Waals surface area contributed by atoms with Crippen LogP contribution in [0.4, 0.5) is 0 Å². The summed E-state index contributed by atoms with van der Waals surface area (Å²) in [5.74, 6) is 0.810. The minimum atomic E-state index is 0.0828.